The molecule has 0 saturated carbocycles. The van der Waals surface area contributed by atoms with Gasteiger partial charge in [0.05, 0.1) is 0 Å². The number of fused-ring (bicyclic) bond motifs is 13. The van der Waals surface area contributed by atoms with Crippen molar-refractivity contribution >= 4 is 90.9 Å². The molecule has 1 aliphatic rings. The number of anilines is 3. The Bertz CT molecular complexity index is 2780. The van der Waals surface area contributed by atoms with Gasteiger partial charge in [-0.15, -0.1) is 22.7 Å². The van der Waals surface area contributed by atoms with E-state index in [1.54, 1.807) is 0 Å². The number of benzene rings is 7. The van der Waals surface area contributed by atoms with Crippen molar-refractivity contribution in [3.8, 4) is 11.1 Å². The predicted octanol–water partition coefficient (Wildman–Crippen LogP) is 14.3. The third-order valence-electron chi connectivity index (χ3n) is 11.6. The van der Waals surface area contributed by atoms with E-state index in [2.05, 4.69) is 172 Å². The maximum Gasteiger partial charge on any atom is 0.0468 e. The standard InChI is InChI=1S/C46H35NS2/c1-45(2)37-20-12-10-19-34(37)41-32-17-8-9-18-33(32)42-36-27-30(23-25-40(36)49-44(42)43(41)46(45,3)4)47(28-14-6-5-7-15-28)29-22-24-39-35(26-29)31-16-11-13-21-38(31)48-39/h5-27H,1-4H3. The van der Waals surface area contributed by atoms with Crippen LogP contribution < -0.4 is 4.90 Å². The first-order valence-corrected chi connectivity index (χ1v) is 18.7. The Hall–Kier alpha value is -4.96. The summed E-state index contributed by atoms with van der Waals surface area (Å²) < 4.78 is 5.40. The summed E-state index contributed by atoms with van der Waals surface area (Å²) in [4.78, 5) is 2.43. The monoisotopic (exact) mass is 665 g/mol. The lowest BCUT2D eigenvalue weighted by molar-refractivity contribution is 0.302. The fourth-order valence-electron chi connectivity index (χ4n) is 8.48. The van der Waals surface area contributed by atoms with Crippen LogP contribution in [0.5, 0.6) is 0 Å². The van der Waals surface area contributed by atoms with Crippen LogP contribution in [0.1, 0.15) is 38.8 Å². The first kappa shape index (κ1) is 29.0. The fraction of sp³-hybridized carbons (Fsp3) is 0.130. The summed E-state index contributed by atoms with van der Waals surface area (Å²) in [6, 6.07) is 51.9. The van der Waals surface area contributed by atoms with Crippen molar-refractivity contribution < 1.29 is 0 Å². The van der Waals surface area contributed by atoms with Gasteiger partial charge in [-0.25, -0.2) is 0 Å². The van der Waals surface area contributed by atoms with Gasteiger partial charge in [0.2, 0.25) is 0 Å². The zero-order valence-corrected chi connectivity index (χ0v) is 29.7. The third kappa shape index (κ3) is 3.98. The van der Waals surface area contributed by atoms with Crippen LogP contribution in [0.4, 0.5) is 17.1 Å². The molecule has 0 radical (unpaired) electrons. The molecular formula is C46H35NS2. The van der Waals surface area contributed by atoms with Gasteiger partial charge in [-0.3, -0.25) is 0 Å². The number of rotatable bonds is 3. The van der Waals surface area contributed by atoms with Gasteiger partial charge in [-0.1, -0.05) is 113 Å². The molecule has 0 amide bonds. The highest BCUT2D eigenvalue weighted by molar-refractivity contribution is 7.26. The fourth-order valence-corrected chi connectivity index (χ4v) is 11.0. The first-order valence-electron chi connectivity index (χ1n) is 17.1. The molecule has 0 fully saturated rings. The Kier molecular flexibility index (Phi) is 6.08. The number of para-hydroxylation sites is 1. The Morgan fingerprint density at radius 1 is 0.449 bits per heavy atom. The lowest BCUT2D eigenvalue weighted by atomic mass is 9.55. The van der Waals surface area contributed by atoms with Gasteiger partial charge in [0.1, 0.15) is 0 Å². The summed E-state index contributed by atoms with van der Waals surface area (Å²) in [7, 11) is 0. The van der Waals surface area contributed by atoms with Gasteiger partial charge in [0.15, 0.2) is 0 Å². The normalized spacial score (nSPS) is 14.9. The molecule has 0 atom stereocenters. The maximum absolute atomic E-state index is 2.47. The van der Waals surface area contributed by atoms with E-state index in [0.717, 1.165) is 5.69 Å². The van der Waals surface area contributed by atoms with Crippen molar-refractivity contribution in [3.05, 3.63) is 151 Å². The second kappa shape index (κ2) is 10.3. The van der Waals surface area contributed by atoms with E-state index in [0.29, 0.717) is 0 Å². The number of thiophene rings is 2. The SMILES string of the molecule is CC1(C)c2ccccc2-c2c(c3sc4ccc(N(c5ccccc5)c5ccc6sc7ccccc7c6c5)cc4c3c3ccccc23)C1(C)C. The second-order valence-corrected chi connectivity index (χ2v) is 16.7. The topological polar surface area (TPSA) is 3.24 Å². The van der Waals surface area contributed by atoms with Crippen LogP contribution in [-0.2, 0) is 10.8 Å². The zero-order valence-electron chi connectivity index (χ0n) is 28.0. The molecular weight excluding hydrogens is 631 g/mol. The third-order valence-corrected chi connectivity index (χ3v) is 13.9. The van der Waals surface area contributed by atoms with Crippen LogP contribution >= 0.6 is 22.7 Å². The summed E-state index contributed by atoms with van der Waals surface area (Å²) in [5, 5.41) is 8.02. The number of hydrogen-bond acceptors (Lipinski definition) is 3. The molecule has 0 bridgehead atoms. The molecule has 49 heavy (non-hydrogen) atoms. The van der Waals surface area contributed by atoms with Crippen molar-refractivity contribution in [2.75, 3.05) is 4.90 Å². The highest BCUT2D eigenvalue weighted by Gasteiger charge is 2.47. The summed E-state index contributed by atoms with van der Waals surface area (Å²) in [6.45, 7) is 9.80. The van der Waals surface area contributed by atoms with Gasteiger partial charge < -0.3 is 4.90 Å². The number of hydrogen-bond donors (Lipinski definition) is 0. The minimum absolute atomic E-state index is 0.0398. The zero-order chi connectivity index (χ0) is 33.1. The van der Waals surface area contributed by atoms with Crippen LogP contribution in [0.25, 0.3) is 62.2 Å². The summed E-state index contributed by atoms with van der Waals surface area (Å²) in [6.07, 6.45) is 0. The molecule has 0 spiro atoms. The minimum atomic E-state index is -0.0858. The van der Waals surface area contributed by atoms with Gasteiger partial charge in [-0.2, -0.15) is 0 Å². The van der Waals surface area contributed by atoms with Crippen molar-refractivity contribution in [3.63, 3.8) is 0 Å². The molecule has 0 aliphatic heterocycles. The Labute approximate surface area is 294 Å². The highest BCUT2D eigenvalue weighted by atomic mass is 32.1. The predicted molar refractivity (Wildman–Crippen MR) is 216 cm³/mol. The average molecular weight is 666 g/mol. The van der Waals surface area contributed by atoms with Gasteiger partial charge in [0, 0.05) is 62.8 Å². The van der Waals surface area contributed by atoms with Crippen LogP contribution in [0.2, 0.25) is 0 Å². The van der Waals surface area contributed by atoms with E-state index in [1.165, 1.54) is 84.7 Å². The summed E-state index contributed by atoms with van der Waals surface area (Å²) in [5.74, 6) is 0. The van der Waals surface area contributed by atoms with Crippen LogP contribution in [0, 0.1) is 0 Å². The molecule has 9 aromatic rings. The Morgan fingerprint density at radius 2 is 1.04 bits per heavy atom. The second-order valence-electron chi connectivity index (χ2n) is 14.5. The van der Waals surface area contributed by atoms with E-state index < -0.39 is 0 Å². The smallest absolute Gasteiger partial charge is 0.0468 e. The molecule has 1 nitrogen and oxygen atoms in total. The van der Waals surface area contributed by atoms with Crippen molar-refractivity contribution in [1.29, 1.82) is 0 Å². The maximum atomic E-state index is 2.47. The van der Waals surface area contributed by atoms with E-state index in [-0.39, 0.29) is 10.8 Å². The first-order chi connectivity index (χ1) is 23.8. The van der Waals surface area contributed by atoms with Crippen molar-refractivity contribution in [2.24, 2.45) is 0 Å². The van der Waals surface area contributed by atoms with E-state index in [4.69, 9.17) is 0 Å². The number of nitrogens with zero attached hydrogens (tertiary/aromatic N) is 1. The van der Waals surface area contributed by atoms with Crippen molar-refractivity contribution in [2.45, 2.75) is 38.5 Å². The molecule has 0 unspecified atom stereocenters. The molecule has 0 N–H and O–H groups in total. The highest BCUT2D eigenvalue weighted by Crippen LogP contribution is 2.59. The molecule has 2 aromatic heterocycles. The lowest BCUT2D eigenvalue weighted by Crippen LogP contribution is -2.43. The van der Waals surface area contributed by atoms with E-state index in [1.807, 2.05) is 22.7 Å². The average Bonchev–Trinajstić information content (AvgIpc) is 3.69. The molecule has 2 heterocycles. The van der Waals surface area contributed by atoms with E-state index in [9.17, 15) is 0 Å². The Morgan fingerprint density at radius 3 is 1.82 bits per heavy atom. The van der Waals surface area contributed by atoms with Crippen molar-refractivity contribution in [1.82, 2.24) is 0 Å². The summed E-state index contributed by atoms with van der Waals surface area (Å²) in [5.41, 5.74) is 9.09. The quantitative estimate of drug-likeness (QED) is 0.182. The van der Waals surface area contributed by atoms with E-state index >= 15 is 0 Å². The molecule has 10 rings (SSSR count). The minimum Gasteiger partial charge on any atom is -0.310 e. The van der Waals surface area contributed by atoms with Crippen LogP contribution in [-0.4, -0.2) is 0 Å². The van der Waals surface area contributed by atoms with Crippen LogP contribution in [0.3, 0.4) is 0 Å². The molecule has 1 aliphatic carbocycles. The van der Waals surface area contributed by atoms with Gasteiger partial charge in [0.25, 0.3) is 0 Å². The molecule has 236 valence electrons. The summed E-state index contributed by atoms with van der Waals surface area (Å²) >= 11 is 3.84. The van der Waals surface area contributed by atoms with Crippen LogP contribution in [0.15, 0.2) is 140 Å². The lowest BCUT2D eigenvalue weighted by Gasteiger charge is -2.48. The van der Waals surface area contributed by atoms with Gasteiger partial charge >= 0.3 is 0 Å². The largest absolute Gasteiger partial charge is 0.310 e. The van der Waals surface area contributed by atoms with Gasteiger partial charge in [-0.05, 0) is 93.0 Å². The Balaban J connectivity index is 1.28. The molecule has 3 heteroatoms. The molecule has 7 aromatic carbocycles. The molecule has 0 saturated heterocycles.